The molecule has 0 aromatic heterocycles. The second-order valence-corrected chi connectivity index (χ2v) is 24.8. The average molecular weight is 751 g/mol. The Hall–Kier alpha value is 0. The molecule has 18 atom stereocenters. The van der Waals surface area contributed by atoms with E-state index in [1.54, 1.807) is 225 Å². The summed E-state index contributed by atoms with van der Waals surface area (Å²) < 4.78 is 0. The lowest BCUT2D eigenvalue weighted by Crippen LogP contribution is -2.49. The zero-order valence-electron chi connectivity index (χ0n) is 36.3. The van der Waals surface area contributed by atoms with Gasteiger partial charge in [-0.1, -0.05) is 128 Å². The molecule has 0 spiro atoms. The molecule has 0 N–H and O–H groups in total. The topological polar surface area (TPSA) is 0 Å². The average Bonchev–Trinajstić information content (AvgIpc) is 3.62. The molecule has 11 aliphatic rings. The monoisotopic (exact) mass is 751 g/mol. The minimum absolute atomic E-state index is 1.10. The quantitative estimate of drug-likeness (QED) is 0.262. The van der Waals surface area contributed by atoms with Crippen molar-refractivity contribution in [3.63, 3.8) is 0 Å². The van der Waals surface area contributed by atoms with Gasteiger partial charge in [-0.2, -0.15) is 0 Å². The molecule has 0 aliphatic heterocycles. The maximum atomic E-state index is 1.71. The lowest BCUT2D eigenvalue weighted by molar-refractivity contribution is -0.0752. The molecule has 0 aromatic carbocycles. The van der Waals surface area contributed by atoms with Gasteiger partial charge in [0.15, 0.2) is 0 Å². The third kappa shape index (κ3) is 7.56. The zero-order chi connectivity index (χ0) is 36.3. The van der Waals surface area contributed by atoms with Crippen molar-refractivity contribution in [3.05, 3.63) is 0 Å². The highest BCUT2D eigenvalue weighted by Crippen LogP contribution is 2.66. The van der Waals surface area contributed by atoms with Crippen LogP contribution in [0.25, 0.3) is 0 Å². The van der Waals surface area contributed by atoms with Gasteiger partial charge in [0.05, 0.1) is 0 Å². The molecule has 0 saturated heterocycles. The van der Waals surface area contributed by atoms with Gasteiger partial charge in [-0.25, -0.2) is 0 Å². The van der Waals surface area contributed by atoms with E-state index in [1.807, 2.05) is 0 Å². The highest BCUT2D eigenvalue weighted by Gasteiger charge is 2.58. The molecule has 0 amide bonds. The molecule has 0 heterocycles. The predicted molar refractivity (Wildman–Crippen MR) is 231 cm³/mol. The second-order valence-electron chi connectivity index (χ2n) is 24.8. The molecular formula is C55H90. The largest absolute Gasteiger partial charge is 0.0533 e. The summed E-state index contributed by atoms with van der Waals surface area (Å²) in [5, 5.41) is 0. The molecule has 0 bridgehead atoms. The molecular weight excluding hydrogens is 661 g/mol. The van der Waals surface area contributed by atoms with Crippen molar-refractivity contribution < 1.29 is 0 Å². The molecule has 11 fully saturated rings. The van der Waals surface area contributed by atoms with Gasteiger partial charge in [0, 0.05) is 0 Å². The van der Waals surface area contributed by atoms with Crippen LogP contribution in [0.15, 0.2) is 0 Å². The van der Waals surface area contributed by atoms with E-state index in [1.165, 1.54) is 0 Å². The summed E-state index contributed by atoms with van der Waals surface area (Å²) >= 11 is 0. The number of hydrogen-bond acceptors (Lipinski definition) is 0. The Balaban J connectivity index is 0.855. The van der Waals surface area contributed by atoms with E-state index in [9.17, 15) is 0 Å². The van der Waals surface area contributed by atoms with Crippen molar-refractivity contribution in [2.45, 2.75) is 225 Å². The standard InChI is InChI=1S/C55H90/c1-3-13-36(14-4-1)43-29-44(42-24-23-38-17-7-8-18-39(38)27-42)31-46(30-43)49-25-26-52(51-22-12-11-21-50(49)51)54-35-45(37-15-5-2-6-16-37)32-48-33-47-28-40-19-9-10-20-41(40)34-53(47)55(48)54/h36-55H,1-35H2. The third-order valence-corrected chi connectivity index (χ3v) is 22.8. The van der Waals surface area contributed by atoms with Gasteiger partial charge in [0.2, 0.25) is 0 Å². The molecule has 0 heteroatoms. The zero-order valence-corrected chi connectivity index (χ0v) is 36.3. The van der Waals surface area contributed by atoms with Crippen LogP contribution in [0.5, 0.6) is 0 Å². The predicted octanol–water partition coefficient (Wildman–Crippen LogP) is 16.1. The van der Waals surface area contributed by atoms with Gasteiger partial charge in [-0.15, -0.1) is 0 Å². The molecule has 18 unspecified atom stereocenters. The summed E-state index contributed by atoms with van der Waals surface area (Å²) in [5.41, 5.74) is 0. The first kappa shape index (κ1) is 38.0. The van der Waals surface area contributed by atoms with Crippen LogP contribution >= 0.6 is 0 Å². The van der Waals surface area contributed by atoms with Crippen molar-refractivity contribution in [1.82, 2.24) is 0 Å². The van der Waals surface area contributed by atoms with Crippen molar-refractivity contribution in [1.29, 1.82) is 0 Å². The Morgan fingerprint density at radius 2 is 0.473 bits per heavy atom. The van der Waals surface area contributed by atoms with Crippen LogP contribution in [0.3, 0.4) is 0 Å². The van der Waals surface area contributed by atoms with Crippen molar-refractivity contribution in [2.24, 2.45) is 118 Å². The van der Waals surface area contributed by atoms with Gasteiger partial charge in [0.25, 0.3) is 0 Å². The molecule has 11 aliphatic carbocycles. The van der Waals surface area contributed by atoms with E-state index in [-0.39, 0.29) is 0 Å². The fourth-order valence-electron chi connectivity index (χ4n) is 20.7. The Kier molecular flexibility index (Phi) is 11.6. The lowest BCUT2D eigenvalue weighted by Gasteiger charge is -2.57. The van der Waals surface area contributed by atoms with E-state index in [2.05, 4.69) is 0 Å². The van der Waals surface area contributed by atoms with Crippen LogP contribution < -0.4 is 0 Å². The Labute approximate surface area is 341 Å². The van der Waals surface area contributed by atoms with E-state index in [4.69, 9.17) is 0 Å². The fourth-order valence-corrected chi connectivity index (χ4v) is 20.7. The maximum Gasteiger partial charge on any atom is -0.0323 e. The first-order valence-electron chi connectivity index (χ1n) is 27.2. The molecule has 0 nitrogen and oxygen atoms in total. The number of fused-ring (bicyclic) bond motifs is 6. The maximum absolute atomic E-state index is 1.71. The van der Waals surface area contributed by atoms with Crippen LogP contribution in [0.1, 0.15) is 225 Å². The van der Waals surface area contributed by atoms with E-state index in [0.717, 1.165) is 118 Å². The SMILES string of the molecule is C1CCC(C2CC(C3CCC4CCCCC4C3)CC(C3CCC(C4CC(C5CCCCC5)CC5CC6CC7CCCCC7CC6C54)C4CCCCC34)C2)CC1. The minimum Gasteiger partial charge on any atom is -0.0533 e. The van der Waals surface area contributed by atoms with Gasteiger partial charge in [-0.3, -0.25) is 0 Å². The summed E-state index contributed by atoms with van der Waals surface area (Å²) in [6.07, 6.45) is 56.7. The van der Waals surface area contributed by atoms with Crippen LogP contribution in [0, 0.1) is 118 Å². The van der Waals surface area contributed by atoms with E-state index >= 15 is 0 Å². The van der Waals surface area contributed by atoms with Gasteiger partial charge in [0.1, 0.15) is 0 Å². The molecule has 310 valence electrons. The first-order chi connectivity index (χ1) is 27.2. The van der Waals surface area contributed by atoms with Gasteiger partial charge < -0.3 is 0 Å². The molecule has 0 radical (unpaired) electrons. The van der Waals surface area contributed by atoms with Gasteiger partial charge in [-0.05, 0) is 215 Å². The fraction of sp³-hybridized carbons (Fsp3) is 1.00. The van der Waals surface area contributed by atoms with Crippen LogP contribution in [0.2, 0.25) is 0 Å². The lowest BCUT2D eigenvalue weighted by atomic mass is 9.48. The smallest absolute Gasteiger partial charge is 0.0323 e. The first-order valence-corrected chi connectivity index (χ1v) is 27.2. The van der Waals surface area contributed by atoms with Crippen molar-refractivity contribution in [3.8, 4) is 0 Å². The van der Waals surface area contributed by atoms with Crippen LogP contribution in [-0.4, -0.2) is 0 Å². The summed E-state index contributed by atoms with van der Waals surface area (Å²) in [4.78, 5) is 0. The highest BCUT2D eigenvalue weighted by atomic mass is 14.6. The van der Waals surface area contributed by atoms with Crippen LogP contribution in [0.4, 0.5) is 0 Å². The summed E-state index contributed by atoms with van der Waals surface area (Å²) in [7, 11) is 0. The molecule has 0 aromatic rings. The van der Waals surface area contributed by atoms with Crippen molar-refractivity contribution in [2.75, 3.05) is 0 Å². The normalized spacial score (nSPS) is 52.6. The Bertz CT molecular complexity index is 1240. The Morgan fingerprint density at radius 3 is 1.16 bits per heavy atom. The van der Waals surface area contributed by atoms with E-state index in [0.29, 0.717) is 0 Å². The molecule has 55 heavy (non-hydrogen) atoms. The minimum atomic E-state index is 1.10. The summed E-state index contributed by atoms with van der Waals surface area (Å²) in [5.74, 6) is 22.5. The van der Waals surface area contributed by atoms with Crippen molar-refractivity contribution >= 4 is 0 Å². The molecule has 11 saturated carbocycles. The van der Waals surface area contributed by atoms with E-state index < -0.39 is 0 Å². The molecule has 11 rings (SSSR count). The van der Waals surface area contributed by atoms with Gasteiger partial charge >= 0.3 is 0 Å². The highest BCUT2D eigenvalue weighted by molar-refractivity contribution is 5.07. The Morgan fingerprint density at radius 1 is 0.145 bits per heavy atom. The number of hydrogen-bond donors (Lipinski definition) is 0. The second kappa shape index (κ2) is 16.8. The summed E-state index contributed by atoms with van der Waals surface area (Å²) in [6, 6.07) is 0. The third-order valence-electron chi connectivity index (χ3n) is 22.8. The summed E-state index contributed by atoms with van der Waals surface area (Å²) in [6.45, 7) is 0. The number of rotatable bonds is 5. The van der Waals surface area contributed by atoms with Crippen LogP contribution in [-0.2, 0) is 0 Å².